The van der Waals surface area contributed by atoms with Crippen molar-refractivity contribution in [3.63, 3.8) is 0 Å². The Kier molecular flexibility index (Phi) is 5.61. The lowest BCUT2D eigenvalue weighted by atomic mass is 10.1. The Hall–Kier alpha value is -2.57. The molecule has 3 rings (SSSR count). The summed E-state index contributed by atoms with van der Waals surface area (Å²) in [6, 6.07) is 7.88. The Balaban J connectivity index is 2.07. The highest BCUT2D eigenvalue weighted by molar-refractivity contribution is 9.10. The molecule has 2 aromatic rings. The first kappa shape index (κ1) is 21.1. The van der Waals surface area contributed by atoms with Gasteiger partial charge in [0.1, 0.15) is 17.9 Å². The summed E-state index contributed by atoms with van der Waals surface area (Å²) in [5.41, 5.74) is -1.36. The van der Waals surface area contributed by atoms with Crippen molar-refractivity contribution in [2.45, 2.75) is 6.17 Å². The first-order chi connectivity index (χ1) is 13.5. The van der Waals surface area contributed by atoms with E-state index in [0.29, 0.717) is 15.1 Å². The normalized spacial score (nSPS) is 17.0. The molecule has 1 heterocycles. The zero-order valence-corrected chi connectivity index (χ0v) is 17.2. The molecule has 0 bridgehead atoms. The molecule has 1 atom stereocenters. The third kappa shape index (κ3) is 4.23. The van der Waals surface area contributed by atoms with Gasteiger partial charge in [-0.2, -0.15) is 5.06 Å². The van der Waals surface area contributed by atoms with E-state index in [-0.39, 0.29) is 0 Å². The molecule has 154 valence electrons. The molecule has 0 aliphatic carbocycles. The Bertz CT molecular complexity index is 1110. The summed E-state index contributed by atoms with van der Waals surface area (Å²) < 4.78 is 54.3. The van der Waals surface area contributed by atoms with Crippen molar-refractivity contribution < 1.29 is 32.0 Å². The van der Waals surface area contributed by atoms with Crippen molar-refractivity contribution >= 4 is 43.5 Å². The van der Waals surface area contributed by atoms with Crippen LogP contribution in [0.3, 0.4) is 0 Å². The Morgan fingerprint density at radius 1 is 1.28 bits per heavy atom. The van der Waals surface area contributed by atoms with Gasteiger partial charge in [-0.3, -0.25) is 19.5 Å². The van der Waals surface area contributed by atoms with E-state index in [2.05, 4.69) is 15.9 Å². The lowest BCUT2D eigenvalue weighted by Gasteiger charge is -2.27. The quantitative estimate of drug-likeness (QED) is 0.641. The highest BCUT2D eigenvalue weighted by Crippen LogP contribution is 2.33. The molecule has 1 aliphatic heterocycles. The van der Waals surface area contributed by atoms with Gasteiger partial charge in [0.05, 0.1) is 11.9 Å². The molecular formula is C17H14BrF2N3O5S. The van der Waals surface area contributed by atoms with Crippen molar-refractivity contribution in [2.75, 3.05) is 17.5 Å². The van der Waals surface area contributed by atoms with Gasteiger partial charge in [-0.25, -0.2) is 17.2 Å². The highest BCUT2D eigenvalue weighted by atomic mass is 79.9. The summed E-state index contributed by atoms with van der Waals surface area (Å²) in [5, 5.41) is 10.4. The number of anilines is 1. The fraction of sp³-hybridized carbons (Fsp3) is 0.176. The van der Waals surface area contributed by atoms with Crippen molar-refractivity contribution in [3.8, 4) is 0 Å². The number of nitrogens with one attached hydrogen (secondary N) is 1. The predicted octanol–water partition coefficient (Wildman–Crippen LogP) is 2.47. The van der Waals surface area contributed by atoms with Gasteiger partial charge in [-0.05, 0) is 29.8 Å². The van der Waals surface area contributed by atoms with Crippen LogP contribution in [0, 0.1) is 11.6 Å². The minimum Gasteiger partial charge on any atom is -0.302 e. The standard InChI is InChI=1S/C17H14BrF2N3O5S/c1-29(27,28)21-12-6-5-11(19)14(15(12)20)17(25)22-8-13(24)23(26)16(22)9-3-2-4-10(18)7-9/h2-7,16,21,26H,8H2,1H3. The van der Waals surface area contributed by atoms with Crippen LogP contribution in [0.15, 0.2) is 40.9 Å². The second kappa shape index (κ2) is 7.69. The van der Waals surface area contributed by atoms with E-state index < -0.39 is 57.4 Å². The van der Waals surface area contributed by atoms with Crippen LogP contribution in [0.5, 0.6) is 0 Å². The van der Waals surface area contributed by atoms with Crippen LogP contribution >= 0.6 is 15.9 Å². The minimum atomic E-state index is -3.89. The number of hydroxylamine groups is 2. The summed E-state index contributed by atoms with van der Waals surface area (Å²) in [6.07, 6.45) is -0.554. The zero-order valence-electron chi connectivity index (χ0n) is 14.8. The van der Waals surface area contributed by atoms with E-state index >= 15 is 0 Å². The number of sulfonamides is 1. The second-order valence-corrected chi connectivity index (χ2v) is 8.92. The molecule has 1 unspecified atom stereocenters. The van der Waals surface area contributed by atoms with Gasteiger partial charge in [-0.1, -0.05) is 28.1 Å². The number of amides is 2. The molecule has 0 spiro atoms. The van der Waals surface area contributed by atoms with E-state index in [1.807, 2.05) is 4.72 Å². The van der Waals surface area contributed by atoms with E-state index in [0.717, 1.165) is 23.3 Å². The van der Waals surface area contributed by atoms with Crippen LogP contribution in [-0.2, 0) is 14.8 Å². The van der Waals surface area contributed by atoms with Crippen LogP contribution in [0.2, 0.25) is 0 Å². The smallest absolute Gasteiger partial charge is 0.267 e. The molecule has 2 N–H and O–H groups in total. The topological polar surface area (TPSA) is 107 Å². The van der Waals surface area contributed by atoms with Crippen molar-refractivity contribution in [1.82, 2.24) is 9.96 Å². The third-order valence-electron chi connectivity index (χ3n) is 4.10. The van der Waals surface area contributed by atoms with Crippen LogP contribution < -0.4 is 4.72 Å². The summed E-state index contributed by atoms with van der Waals surface area (Å²) in [5.74, 6) is -4.76. The molecule has 2 aromatic carbocycles. The van der Waals surface area contributed by atoms with Crippen LogP contribution in [-0.4, -0.2) is 48.2 Å². The maximum Gasteiger partial charge on any atom is 0.267 e. The molecule has 0 aromatic heterocycles. The van der Waals surface area contributed by atoms with E-state index in [9.17, 15) is 32.0 Å². The van der Waals surface area contributed by atoms with Crippen LogP contribution in [0.4, 0.5) is 14.5 Å². The number of hydrogen-bond acceptors (Lipinski definition) is 5. The summed E-state index contributed by atoms with van der Waals surface area (Å²) in [7, 11) is -3.89. The number of carbonyl (C=O) groups is 2. The largest absolute Gasteiger partial charge is 0.302 e. The second-order valence-electron chi connectivity index (χ2n) is 6.26. The van der Waals surface area contributed by atoms with Gasteiger partial charge in [0.2, 0.25) is 10.0 Å². The number of rotatable bonds is 4. The highest BCUT2D eigenvalue weighted by Gasteiger charge is 2.43. The monoisotopic (exact) mass is 489 g/mol. The van der Waals surface area contributed by atoms with E-state index in [1.54, 1.807) is 12.1 Å². The van der Waals surface area contributed by atoms with Gasteiger partial charge in [-0.15, -0.1) is 0 Å². The molecule has 8 nitrogen and oxygen atoms in total. The molecule has 12 heteroatoms. The number of halogens is 3. The molecule has 29 heavy (non-hydrogen) atoms. The van der Waals surface area contributed by atoms with Gasteiger partial charge in [0, 0.05) is 4.47 Å². The maximum absolute atomic E-state index is 14.8. The fourth-order valence-corrected chi connectivity index (χ4v) is 3.89. The number of nitrogens with zero attached hydrogens (tertiary/aromatic N) is 2. The molecule has 0 saturated carbocycles. The van der Waals surface area contributed by atoms with Crippen LogP contribution in [0.25, 0.3) is 0 Å². The summed E-state index contributed by atoms with van der Waals surface area (Å²) >= 11 is 3.23. The Morgan fingerprint density at radius 2 is 1.97 bits per heavy atom. The summed E-state index contributed by atoms with van der Waals surface area (Å²) in [6.45, 7) is -0.630. The average Bonchev–Trinajstić information content (AvgIpc) is 2.91. The maximum atomic E-state index is 14.8. The molecular weight excluding hydrogens is 476 g/mol. The number of carbonyl (C=O) groups excluding carboxylic acids is 2. The number of hydrogen-bond donors (Lipinski definition) is 2. The van der Waals surface area contributed by atoms with Gasteiger partial charge in [0.15, 0.2) is 12.0 Å². The van der Waals surface area contributed by atoms with Gasteiger partial charge in [0.25, 0.3) is 11.8 Å². The molecule has 2 amide bonds. The Labute approximate surface area is 172 Å². The Morgan fingerprint density at radius 3 is 2.59 bits per heavy atom. The first-order valence-electron chi connectivity index (χ1n) is 8.03. The fourth-order valence-electron chi connectivity index (χ4n) is 2.91. The average molecular weight is 490 g/mol. The van der Waals surface area contributed by atoms with Crippen molar-refractivity contribution in [2.24, 2.45) is 0 Å². The zero-order chi connectivity index (χ0) is 21.5. The van der Waals surface area contributed by atoms with Gasteiger partial charge >= 0.3 is 0 Å². The van der Waals surface area contributed by atoms with E-state index in [1.165, 1.54) is 12.1 Å². The SMILES string of the molecule is CS(=O)(=O)Nc1ccc(F)c(C(=O)N2CC(=O)N(O)C2c2cccc(Br)c2)c1F. The van der Waals surface area contributed by atoms with Gasteiger partial charge < -0.3 is 4.90 Å². The van der Waals surface area contributed by atoms with Crippen molar-refractivity contribution in [3.05, 3.63) is 63.6 Å². The molecule has 1 fully saturated rings. The summed E-state index contributed by atoms with van der Waals surface area (Å²) in [4.78, 5) is 25.7. The lowest BCUT2D eigenvalue weighted by Crippen LogP contribution is -2.35. The molecule has 1 saturated heterocycles. The van der Waals surface area contributed by atoms with E-state index in [4.69, 9.17) is 0 Å². The lowest BCUT2D eigenvalue weighted by molar-refractivity contribution is -0.168. The number of benzene rings is 2. The molecule has 0 radical (unpaired) electrons. The minimum absolute atomic E-state index is 0.300. The molecule has 1 aliphatic rings. The third-order valence-corrected chi connectivity index (χ3v) is 5.18. The van der Waals surface area contributed by atoms with Crippen molar-refractivity contribution in [1.29, 1.82) is 0 Å². The first-order valence-corrected chi connectivity index (χ1v) is 10.7. The van der Waals surface area contributed by atoms with Crippen LogP contribution in [0.1, 0.15) is 22.1 Å². The predicted molar refractivity (Wildman–Crippen MR) is 101 cm³/mol.